The van der Waals surface area contributed by atoms with Crippen molar-refractivity contribution in [1.29, 1.82) is 0 Å². The van der Waals surface area contributed by atoms with Gasteiger partial charge in [-0.15, -0.1) is 0 Å². The molecule has 194 valence electrons. The summed E-state index contributed by atoms with van der Waals surface area (Å²) >= 11 is 3.52. The molecule has 7 heteroatoms. The van der Waals surface area contributed by atoms with E-state index in [1.165, 1.54) is 0 Å². The molecule has 2 heterocycles. The summed E-state index contributed by atoms with van der Waals surface area (Å²) in [6, 6.07) is 15.6. The summed E-state index contributed by atoms with van der Waals surface area (Å²) in [5.41, 5.74) is 6.18. The van der Waals surface area contributed by atoms with E-state index in [9.17, 15) is 9.59 Å². The zero-order valence-electron chi connectivity index (χ0n) is 22.0. The SMILES string of the molecule is CCN(CC)CCCNC(=O)c1c(C(C)C)[nH]c(C=C2C(=O)Nc3ccc(Br)cc32)c1-c1ccccc1. The maximum Gasteiger partial charge on any atom is 0.256 e. The minimum atomic E-state index is -0.157. The van der Waals surface area contributed by atoms with E-state index in [1.807, 2.05) is 54.6 Å². The number of amides is 2. The first-order valence-corrected chi connectivity index (χ1v) is 13.8. The molecule has 0 radical (unpaired) electrons. The number of aromatic amines is 1. The van der Waals surface area contributed by atoms with Gasteiger partial charge >= 0.3 is 0 Å². The predicted octanol–water partition coefficient (Wildman–Crippen LogP) is 6.52. The lowest BCUT2D eigenvalue weighted by molar-refractivity contribution is -0.110. The Bertz CT molecular complexity index is 1310. The normalized spacial score (nSPS) is 13.9. The summed E-state index contributed by atoms with van der Waals surface area (Å²) in [5, 5.41) is 6.10. The summed E-state index contributed by atoms with van der Waals surface area (Å²) in [7, 11) is 0. The van der Waals surface area contributed by atoms with Crippen LogP contribution in [0.15, 0.2) is 53.0 Å². The van der Waals surface area contributed by atoms with Crippen LogP contribution in [0.5, 0.6) is 0 Å². The van der Waals surface area contributed by atoms with E-state index < -0.39 is 0 Å². The molecule has 2 aromatic carbocycles. The Labute approximate surface area is 227 Å². The second kappa shape index (κ2) is 11.9. The quantitative estimate of drug-likeness (QED) is 0.194. The molecule has 0 saturated carbocycles. The van der Waals surface area contributed by atoms with Gasteiger partial charge in [-0.1, -0.05) is 74.0 Å². The van der Waals surface area contributed by atoms with E-state index >= 15 is 0 Å². The van der Waals surface area contributed by atoms with Crippen LogP contribution in [-0.4, -0.2) is 47.9 Å². The van der Waals surface area contributed by atoms with Gasteiger partial charge in [0.1, 0.15) is 0 Å². The standard InChI is InChI=1S/C30H35BrN4O2/c1-5-35(6-2)16-10-15-32-30(37)27-26(20-11-8-7-9-12-20)25(33-28(27)19(3)4)18-23-22-17-21(31)13-14-24(22)34-29(23)36/h7-9,11-14,17-19,33H,5-6,10,15-16H2,1-4H3,(H,32,37)(H,34,36). The monoisotopic (exact) mass is 562 g/mol. The highest BCUT2D eigenvalue weighted by Gasteiger charge is 2.28. The second-order valence-corrected chi connectivity index (χ2v) is 10.5. The minimum Gasteiger partial charge on any atom is -0.357 e. The van der Waals surface area contributed by atoms with Gasteiger partial charge in [0.2, 0.25) is 0 Å². The number of nitrogens with zero attached hydrogens (tertiary/aromatic N) is 1. The van der Waals surface area contributed by atoms with Gasteiger partial charge in [0.05, 0.1) is 11.1 Å². The molecular weight excluding hydrogens is 528 g/mol. The first-order valence-electron chi connectivity index (χ1n) is 13.0. The number of hydrogen-bond acceptors (Lipinski definition) is 3. The maximum absolute atomic E-state index is 13.7. The van der Waals surface area contributed by atoms with Gasteiger partial charge < -0.3 is 20.5 Å². The second-order valence-electron chi connectivity index (χ2n) is 9.56. The van der Waals surface area contributed by atoms with Crippen molar-refractivity contribution in [3.8, 4) is 11.1 Å². The fourth-order valence-electron chi connectivity index (χ4n) is 4.80. The smallest absolute Gasteiger partial charge is 0.256 e. The Hall–Kier alpha value is -3.16. The molecule has 0 bridgehead atoms. The molecule has 0 fully saturated rings. The molecule has 0 spiro atoms. The summed E-state index contributed by atoms with van der Waals surface area (Å²) in [4.78, 5) is 32.5. The average Bonchev–Trinajstić information content (AvgIpc) is 3.42. The number of hydrogen-bond donors (Lipinski definition) is 3. The van der Waals surface area contributed by atoms with Gasteiger partial charge in [0.15, 0.2) is 0 Å². The maximum atomic E-state index is 13.7. The Kier molecular flexibility index (Phi) is 8.67. The summed E-state index contributed by atoms with van der Waals surface area (Å²) in [6.07, 6.45) is 2.76. The van der Waals surface area contributed by atoms with Crippen LogP contribution in [0.25, 0.3) is 22.8 Å². The largest absolute Gasteiger partial charge is 0.357 e. The lowest BCUT2D eigenvalue weighted by atomic mass is 9.95. The zero-order valence-corrected chi connectivity index (χ0v) is 23.5. The van der Waals surface area contributed by atoms with Crippen LogP contribution >= 0.6 is 15.9 Å². The van der Waals surface area contributed by atoms with E-state index in [1.54, 1.807) is 0 Å². The molecule has 2 amide bonds. The average molecular weight is 564 g/mol. The number of nitrogens with one attached hydrogen (secondary N) is 3. The van der Waals surface area contributed by atoms with Crippen LogP contribution in [0.3, 0.4) is 0 Å². The van der Waals surface area contributed by atoms with Crippen LogP contribution in [0.2, 0.25) is 0 Å². The molecule has 1 aliphatic heterocycles. The molecule has 0 saturated heterocycles. The molecule has 0 atom stereocenters. The van der Waals surface area contributed by atoms with Gasteiger partial charge in [-0.2, -0.15) is 0 Å². The number of carbonyl (C=O) groups is 2. The number of H-pyrrole nitrogens is 1. The lowest BCUT2D eigenvalue weighted by Gasteiger charge is -2.18. The van der Waals surface area contributed by atoms with Crippen LogP contribution in [0, 0.1) is 0 Å². The molecule has 3 N–H and O–H groups in total. The van der Waals surface area contributed by atoms with Crippen LogP contribution < -0.4 is 10.6 Å². The molecule has 0 unspecified atom stereocenters. The van der Waals surface area contributed by atoms with Gasteiger partial charge in [-0.3, -0.25) is 9.59 Å². The van der Waals surface area contributed by atoms with Crippen molar-refractivity contribution in [2.24, 2.45) is 0 Å². The van der Waals surface area contributed by atoms with Gasteiger partial charge in [-0.25, -0.2) is 0 Å². The van der Waals surface area contributed by atoms with Gasteiger partial charge in [0, 0.05) is 39.2 Å². The molecule has 6 nitrogen and oxygen atoms in total. The Morgan fingerprint density at radius 2 is 1.84 bits per heavy atom. The third kappa shape index (κ3) is 5.89. The number of anilines is 1. The molecule has 0 aliphatic carbocycles. The summed E-state index contributed by atoms with van der Waals surface area (Å²) in [5.74, 6) is -0.165. The molecule has 1 aliphatic rings. The lowest BCUT2D eigenvalue weighted by Crippen LogP contribution is -2.30. The van der Waals surface area contributed by atoms with E-state index in [0.717, 1.165) is 64.3 Å². The van der Waals surface area contributed by atoms with Crippen molar-refractivity contribution >= 4 is 45.1 Å². The number of carbonyl (C=O) groups excluding carboxylic acids is 2. The van der Waals surface area contributed by atoms with Crippen molar-refractivity contribution in [2.75, 3.05) is 31.5 Å². The van der Waals surface area contributed by atoms with Crippen LogP contribution in [0.1, 0.15) is 67.3 Å². The molecule has 3 aromatic rings. The number of halogens is 1. The first-order chi connectivity index (χ1) is 17.8. The molecule has 37 heavy (non-hydrogen) atoms. The van der Waals surface area contributed by atoms with Gasteiger partial charge in [-0.05, 0) is 61.8 Å². The first kappa shape index (κ1) is 26.9. The van der Waals surface area contributed by atoms with Crippen LogP contribution in [0.4, 0.5) is 5.69 Å². The fraction of sp³-hybridized carbons (Fsp3) is 0.333. The third-order valence-electron chi connectivity index (χ3n) is 6.81. The van der Waals surface area contributed by atoms with Crippen molar-refractivity contribution in [3.63, 3.8) is 0 Å². The molecule has 4 rings (SSSR count). The zero-order chi connectivity index (χ0) is 26.5. The highest BCUT2D eigenvalue weighted by molar-refractivity contribution is 9.10. The van der Waals surface area contributed by atoms with Crippen molar-refractivity contribution in [1.82, 2.24) is 15.2 Å². The number of rotatable bonds is 10. The molecular formula is C30H35BrN4O2. The number of benzene rings is 2. The van der Waals surface area contributed by atoms with E-state index in [-0.39, 0.29) is 17.7 Å². The third-order valence-corrected chi connectivity index (χ3v) is 7.30. The Balaban J connectivity index is 1.77. The van der Waals surface area contributed by atoms with E-state index in [0.29, 0.717) is 17.7 Å². The van der Waals surface area contributed by atoms with Crippen molar-refractivity contribution in [3.05, 3.63) is 75.5 Å². The number of fused-ring (bicyclic) bond motifs is 1. The highest BCUT2D eigenvalue weighted by atomic mass is 79.9. The van der Waals surface area contributed by atoms with E-state index in [4.69, 9.17) is 0 Å². The van der Waals surface area contributed by atoms with Crippen LogP contribution in [-0.2, 0) is 4.79 Å². The predicted molar refractivity (Wildman–Crippen MR) is 156 cm³/mol. The molecule has 1 aromatic heterocycles. The summed E-state index contributed by atoms with van der Waals surface area (Å²) < 4.78 is 0.899. The summed E-state index contributed by atoms with van der Waals surface area (Å²) in [6.45, 7) is 12.0. The van der Waals surface area contributed by atoms with Gasteiger partial charge in [0.25, 0.3) is 11.8 Å². The van der Waals surface area contributed by atoms with Crippen molar-refractivity contribution < 1.29 is 9.59 Å². The minimum absolute atomic E-state index is 0.0878. The number of aromatic nitrogens is 1. The topological polar surface area (TPSA) is 77.2 Å². The Morgan fingerprint density at radius 3 is 2.51 bits per heavy atom. The Morgan fingerprint density at radius 1 is 1.11 bits per heavy atom. The van der Waals surface area contributed by atoms with Crippen molar-refractivity contribution in [2.45, 2.75) is 40.0 Å². The highest BCUT2D eigenvalue weighted by Crippen LogP contribution is 2.39. The van der Waals surface area contributed by atoms with E-state index in [2.05, 4.69) is 64.1 Å². The fourth-order valence-corrected chi connectivity index (χ4v) is 5.16.